The molecule has 1 atom stereocenters. The molecular weight excluding hydrogens is 404 g/mol. The van der Waals surface area contributed by atoms with Crippen molar-refractivity contribution in [2.24, 2.45) is 11.8 Å². The summed E-state index contributed by atoms with van der Waals surface area (Å²) in [5.41, 5.74) is -0.688. The molecule has 1 aromatic rings. The second-order valence-electron chi connectivity index (χ2n) is 8.78. The van der Waals surface area contributed by atoms with Crippen LogP contribution in [0.5, 0.6) is 0 Å². The van der Waals surface area contributed by atoms with Crippen LogP contribution >= 0.6 is 0 Å². The largest absolute Gasteiger partial charge is 0.342 e. The smallest absolute Gasteiger partial charge is 0.257 e. The molecule has 0 bridgehead atoms. The van der Waals surface area contributed by atoms with Crippen molar-refractivity contribution >= 4 is 17.7 Å². The minimum absolute atomic E-state index is 0.0817. The molecule has 170 valence electrons. The van der Waals surface area contributed by atoms with Crippen molar-refractivity contribution in [2.75, 3.05) is 26.2 Å². The summed E-state index contributed by atoms with van der Waals surface area (Å²) >= 11 is 0. The summed E-state index contributed by atoms with van der Waals surface area (Å²) in [7, 11) is 0. The zero-order chi connectivity index (χ0) is 22.5. The summed E-state index contributed by atoms with van der Waals surface area (Å²) in [6, 6.07) is 2.30. The lowest BCUT2D eigenvalue weighted by Crippen LogP contribution is -2.54. The molecule has 2 heterocycles. The Bertz CT molecular complexity index is 796. The van der Waals surface area contributed by atoms with E-state index < -0.39 is 29.1 Å². The van der Waals surface area contributed by atoms with Gasteiger partial charge in [-0.1, -0.05) is 19.9 Å². The van der Waals surface area contributed by atoms with E-state index in [4.69, 9.17) is 0 Å². The van der Waals surface area contributed by atoms with Gasteiger partial charge in [-0.2, -0.15) is 0 Å². The molecule has 0 saturated carbocycles. The molecule has 0 spiro atoms. The summed E-state index contributed by atoms with van der Waals surface area (Å²) < 4.78 is 27.9. The zero-order valence-electron chi connectivity index (χ0n) is 18.2. The van der Waals surface area contributed by atoms with Crippen LogP contribution in [0, 0.1) is 23.5 Å². The highest BCUT2D eigenvalue weighted by molar-refractivity contribution is 5.98. The number of likely N-dealkylation sites (tertiary alicyclic amines) is 2. The van der Waals surface area contributed by atoms with Gasteiger partial charge in [0.25, 0.3) is 5.91 Å². The van der Waals surface area contributed by atoms with Gasteiger partial charge in [-0.15, -0.1) is 0 Å². The van der Waals surface area contributed by atoms with Crippen LogP contribution in [-0.4, -0.2) is 59.7 Å². The number of nitrogens with one attached hydrogen (secondary N) is 1. The highest BCUT2D eigenvalue weighted by Gasteiger charge is 2.35. The van der Waals surface area contributed by atoms with Crippen LogP contribution < -0.4 is 5.32 Å². The molecule has 6 nitrogen and oxygen atoms in total. The lowest BCUT2D eigenvalue weighted by molar-refractivity contribution is -0.142. The van der Waals surface area contributed by atoms with Crippen molar-refractivity contribution in [3.8, 4) is 0 Å². The van der Waals surface area contributed by atoms with Gasteiger partial charge in [0, 0.05) is 32.1 Å². The molecule has 8 heteroatoms. The molecule has 3 rings (SSSR count). The van der Waals surface area contributed by atoms with Gasteiger partial charge < -0.3 is 15.1 Å². The molecule has 0 radical (unpaired) electrons. The van der Waals surface area contributed by atoms with Gasteiger partial charge in [-0.3, -0.25) is 14.4 Å². The Hall–Kier alpha value is -2.51. The van der Waals surface area contributed by atoms with Crippen molar-refractivity contribution in [3.63, 3.8) is 0 Å². The van der Waals surface area contributed by atoms with Gasteiger partial charge in [-0.05, 0) is 50.2 Å². The number of rotatable bonds is 5. The maximum Gasteiger partial charge on any atom is 0.257 e. The number of nitrogens with zero attached hydrogens (tertiary/aromatic N) is 2. The van der Waals surface area contributed by atoms with Crippen LogP contribution in [0.4, 0.5) is 8.78 Å². The molecule has 31 heavy (non-hydrogen) atoms. The van der Waals surface area contributed by atoms with Crippen LogP contribution in [-0.2, 0) is 9.59 Å². The van der Waals surface area contributed by atoms with E-state index in [9.17, 15) is 23.2 Å². The summed E-state index contributed by atoms with van der Waals surface area (Å²) in [5.74, 6) is -3.34. The molecule has 0 aromatic heterocycles. The topological polar surface area (TPSA) is 69.7 Å². The predicted molar refractivity (Wildman–Crippen MR) is 112 cm³/mol. The highest BCUT2D eigenvalue weighted by atomic mass is 19.1. The van der Waals surface area contributed by atoms with E-state index in [2.05, 4.69) is 5.32 Å². The van der Waals surface area contributed by atoms with E-state index in [1.165, 1.54) is 6.07 Å². The Kier molecular flexibility index (Phi) is 7.62. The number of benzene rings is 1. The molecule has 3 amide bonds. The van der Waals surface area contributed by atoms with Gasteiger partial charge in [-0.25, -0.2) is 8.78 Å². The molecule has 2 aliphatic rings. The third kappa shape index (κ3) is 5.40. The van der Waals surface area contributed by atoms with E-state index in [0.717, 1.165) is 44.5 Å². The van der Waals surface area contributed by atoms with E-state index in [1.807, 2.05) is 4.90 Å². The molecule has 1 unspecified atom stereocenters. The highest BCUT2D eigenvalue weighted by Crippen LogP contribution is 2.23. The number of hydrogen-bond acceptors (Lipinski definition) is 3. The minimum atomic E-state index is -0.968. The van der Waals surface area contributed by atoms with Crippen molar-refractivity contribution < 1.29 is 23.2 Å². The first kappa shape index (κ1) is 23.2. The normalized spacial score (nSPS) is 18.7. The number of halogens is 2. The zero-order valence-corrected chi connectivity index (χ0v) is 18.2. The Morgan fingerprint density at radius 1 is 0.935 bits per heavy atom. The number of piperidine rings is 2. The first-order valence-electron chi connectivity index (χ1n) is 11.1. The molecule has 1 N–H and O–H groups in total. The molecular formula is C23H31F2N3O3. The maximum absolute atomic E-state index is 13.9. The monoisotopic (exact) mass is 435 g/mol. The average molecular weight is 436 g/mol. The Morgan fingerprint density at radius 2 is 1.52 bits per heavy atom. The van der Waals surface area contributed by atoms with Crippen molar-refractivity contribution in [2.45, 2.75) is 52.0 Å². The van der Waals surface area contributed by atoms with Crippen LogP contribution in [0.3, 0.4) is 0 Å². The first-order valence-corrected chi connectivity index (χ1v) is 11.1. The van der Waals surface area contributed by atoms with Gasteiger partial charge >= 0.3 is 0 Å². The van der Waals surface area contributed by atoms with Crippen molar-refractivity contribution in [3.05, 3.63) is 35.4 Å². The molecule has 2 fully saturated rings. The number of amides is 3. The summed E-state index contributed by atoms with van der Waals surface area (Å²) in [6.07, 6.45) is 4.42. The number of hydrogen-bond donors (Lipinski definition) is 1. The van der Waals surface area contributed by atoms with Crippen LogP contribution in [0.1, 0.15) is 56.3 Å². The van der Waals surface area contributed by atoms with E-state index in [0.29, 0.717) is 25.9 Å². The lowest BCUT2D eigenvalue weighted by Gasteiger charge is -2.37. The molecule has 2 aliphatic heterocycles. The summed E-state index contributed by atoms with van der Waals surface area (Å²) in [5, 5.41) is 2.51. The number of carbonyl (C=O) groups is 3. The van der Waals surface area contributed by atoms with Gasteiger partial charge in [0.1, 0.15) is 23.2 Å². The first-order chi connectivity index (χ1) is 14.8. The Labute approximate surface area is 182 Å². The second-order valence-corrected chi connectivity index (χ2v) is 8.78. The fraction of sp³-hybridized carbons (Fsp3) is 0.609. The second kappa shape index (κ2) is 10.2. The summed E-state index contributed by atoms with van der Waals surface area (Å²) in [4.78, 5) is 41.9. The third-order valence-corrected chi connectivity index (χ3v) is 6.23. The maximum atomic E-state index is 13.9. The van der Waals surface area contributed by atoms with Crippen LogP contribution in [0.15, 0.2) is 18.2 Å². The minimum Gasteiger partial charge on any atom is -0.342 e. The fourth-order valence-electron chi connectivity index (χ4n) is 4.36. The fourth-order valence-corrected chi connectivity index (χ4v) is 4.36. The standard InChI is InChI=1S/C23H31F2N3O3/c1-15(2)20(26-21(29)19-17(24)7-6-8-18(19)25)23(31)28-13-9-16(10-14-28)22(30)27-11-4-3-5-12-27/h6-8,15-16,20H,3-5,9-14H2,1-2H3,(H,26,29). The quantitative estimate of drug-likeness (QED) is 0.773. The van der Waals surface area contributed by atoms with Gasteiger partial charge in [0.15, 0.2) is 0 Å². The van der Waals surface area contributed by atoms with E-state index >= 15 is 0 Å². The van der Waals surface area contributed by atoms with E-state index in [-0.39, 0.29) is 23.7 Å². The third-order valence-electron chi connectivity index (χ3n) is 6.23. The van der Waals surface area contributed by atoms with Crippen LogP contribution in [0.2, 0.25) is 0 Å². The Balaban J connectivity index is 1.61. The number of carbonyl (C=O) groups excluding carboxylic acids is 3. The van der Waals surface area contributed by atoms with Crippen molar-refractivity contribution in [1.82, 2.24) is 15.1 Å². The SMILES string of the molecule is CC(C)C(NC(=O)c1c(F)cccc1F)C(=O)N1CCC(C(=O)N2CCCCC2)CC1. The molecule has 2 saturated heterocycles. The predicted octanol–water partition coefficient (Wildman–Crippen LogP) is 2.97. The lowest BCUT2D eigenvalue weighted by atomic mass is 9.93. The van der Waals surface area contributed by atoms with E-state index in [1.54, 1.807) is 18.7 Å². The van der Waals surface area contributed by atoms with Gasteiger partial charge in [0.2, 0.25) is 11.8 Å². The van der Waals surface area contributed by atoms with Crippen molar-refractivity contribution in [1.29, 1.82) is 0 Å². The molecule has 0 aliphatic carbocycles. The summed E-state index contributed by atoms with van der Waals surface area (Å²) in [6.45, 7) is 6.02. The average Bonchev–Trinajstić information content (AvgIpc) is 2.77. The van der Waals surface area contributed by atoms with Gasteiger partial charge in [0.05, 0.1) is 0 Å². The molecule has 1 aromatic carbocycles. The van der Waals surface area contributed by atoms with Crippen LogP contribution in [0.25, 0.3) is 0 Å². The Morgan fingerprint density at radius 3 is 2.06 bits per heavy atom.